The number of nitrogens with zero attached hydrogens (tertiary/aromatic N) is 1. The van der Waals surface area contributed by atoms with Crippen LogP contribution in [0.4, 0.5) is 11.4 Å². The Bertz CT molecular complexity index is 1060. The minimum atomic E-state index is -3.40. The molecule has 0 aliphatic heterocycles. The molecule has 0 spiro atoms. The lowest BCUT2D eigenvalue weighted by molar-refractivity contribution is 0.103. The topological polar surface area (TPSA) is 108 Å². The van der Waals surface area contributed by atoms with Gasteiger partial charge in [0.1, 0.15) is 11.4 Å². The Balaban J connectivity index is 1.77. The number of nitrogens with one attached hydrogen (secondary N) is 2. The zero-order valence-electron chi connectivity index (χ0n) is 13.6. The van der Waals surface area contributed by atoms with Crippen molar-refractivity contribution in [2.75, 3.05) is 16.3 Å². The van der Waals surface area contributed by atoms with Gasteiger partial charge in [0.15, 0.2) is 0 Å². The average Bonchev–Trinajstić information content (AvgIpc) is 3.04. The minimum absolute atomic E-state index is 0.0387. The van der Waals surface area contributed by atoms with E-state index in [9.17, 15) is 18.3 Å². The number of aromatic hydroxyl groups is 1. The normalized spacial score (nSPS) is 11.1. The molecule has 0 unspecified atom stereocenters. The quantitative estimate of drug-likeness (QED) is 0.621. The largest absolute Gasteiger partial charge is 0.506 e. The molecule has 9 heteroatoms. The van der Waals surface area contributed by atoms with Crippen LogP contribution in [-0.2, 0) is 10.0 Å². The van der Waals surface area contributed by atoms with Gasteiger partial charge in [-0.25, -0.2) is 8.42 Å². The number of benzene rings is 1. The number of anilines is 2. The molecule has 0 aliphatic carbocycles. The van der Waals surface area contributed by atoms with Crippen molar-refractivity contribution in [2.24, 2.45) is 0 Å². The molecule has 0 atom stereocenters. The van der Waals surface area contributed by atoms with E-state index in [2.05, 4.69) is 15.0 Å². The number of sulfonamides is 1. The van der Waals surface area contributed by atoms with Gasteiger partial charge in [-0.3, -0.25) is 14.5 Å². The first-order chi connectivity index (χ1) is 12.3. The lowest BCUT2D eigenvalue weighted by Crippen LogP contribution is -2.12. The van der Waals surface area contributed by atoms with Crippen LogP contribution in [0.5, 0.6) is 5.75 Å². The maximum absolute atomic E-state index is 12.4. The van der Waals surface area contributed by atoms with Crippen LogP contribution in [0, 0.1) is 0 Å². The summed E-state index contributed by atoms with van der Waals surface area (Å²) in [6.45, 7) is 0. The second-order valence-electron chi connectivity index (χ2n) is 5.48. The summed E-state index contributed by atoms with van der Waals surface area (Å²) < 4.78 is 24.9. The van der Waals surface area contributed by atoms with Crippen LogP contribution < -0.4 is 10.0 Å². The highest BCUT2D eigenvalue weighted by Gasteiger charge is 2.13. The second-order valence-corrected chi connectivity index (χ2v) is 8.14. The van der Waals surface area contributed by atoms with Crippen molar-refractivity contribution in [3.8, 4) is 17.0 Å². The molecule has 134 valence electrons. The molecule has 3 N–H and O–H groups in total. The number of pyridine rings is 1. The van der Waals surface area contributed by atoms with Crippen LogP contribution in [0.15, 0.2) is 54.0 Å². The van der Waals surface area contributed by atoms with Gasteiger partial charge in [-0.1, -0.05) is 6.07 Å². The van der Waals surface area contributed by atoms with Crippen molar-refractivity contribution >= 4 is 38.6 Å². The lowest BCUT2D eigenvalue weighted by atomic mass is 10.2. The molecule has 0 fully saturated rings. The van der Waals surface area contributed by atoms with Crippen LogP contribution in [0.2, 0.25) is 0 Å². The third-order valence-electron chi connectivity index (χ3n) is 3.31. The summed E-state index contributed by atoms with van der Waals surface area (Å²) in [5.41, 5.74) is 1.86. The van der Waals surface area contributed by atoms with E-state index >= 15 is 0 Å². The fraction of sp³-hybridized carbons (Fsp3) is 0.0588. The Hall–Kier alpha value is -2.91. The second kappa shape index (κ2) is 7.14. The molecule has 0 radical (unpaired) electrons. The van der Waals surface area contributed by atoms with Crippen molar-refractivity contribution in [3.63, 3.8) is 0 Å². The molecular formula is C17H15N3O4S2. The number of hydrogen-bond acceptors (Lipinski definition) is 6. The zero-order valence-corrected chi connectivity index (χ0v) is 15.3. The molecule has 0 saturated heterocycles. The van der Waals surface area contributed by atoms with Crippen molar-refractivity contribution in [1.82, 2.24) is 4.98 Å². The van der Waals surface area contributed by atoms with Gasteiger partial charge in [-0.05, 0) is 36.4 Å². The molecule has 2 heterocycles. The SMILES string of the molecule is CS(=O)(=O)Nc1cccc(NC(=O)c2cc(-c3ncccc3O)cs2)c1. The highest BCUT2D eigenvalue weighted by atomic mass is 32.2. The fourth-order valence-electron chi connectivity index (χ4n) is 2.27. The maximum Gasteiger partial charge on any atom is 0.265 e. The van der Waals surface area contributed by atoms with Gasteiger partial charge in [-0.2, -0.15) is 0 Å². The zero-order chi connectivity index (χ0) is 18.7. The van der Waals surface area contributed by atoms with Crippen LogP contribution in [0.25, 0.3) is 11.3 Å². The predicted octanol–water partition coefficient (Wildman–Crippen LogP) is 3.14. The van der Waals surface area contributed by atoms with Gasteiger partial charge in [0.05, 0.1) is 16.8 Å². The summed E-state index contributed by atoms with van der Waals surface area (Å²) in [5, 5.41) is 14.3. The number of rotatable bonds is 5. The third kappa shape index (κ3) is 4.38. The van der Waals surface area contributed by atoms with E-state index < -0.39 is 10.0 Å². The van der Waals surface area contributed by atoms with Gasteiger partial charge >= 0.3 is 0 Å². The van der Waals surface area contributed by atoms with Crippen molar-refractivity contribution in [3.05, 3.63) is 58.9 Å². The van der Waals surface area contributed by atoms with E-state index in [-0.39, 0.29) is 11.7 Å². The molecule has 1 amide bonds. The van der Waals surface area contributed by atoms with E-state index in [1.807, 2.05) is 0 Å². The van der Waals surface area contributed by atoms with E-state index in [1.54, 1.807) is 41.9 Å². The molecule has 3 aromatic rings. The number of aromatic nitrogens is 1. The Labute approximate surface area is 154 Å². The number of thiophene rings is 1. The maximum atomic E-state index is 12.4. The molecule has 1 aromatic carbocycles. The van der Waals surface area contributed by atoms with Gasteiger partial charge in [0.25, 0.3) is 5.91 Å². The molecule has 3 rings (SSSR count). The van der Waals surface area contributed by atoms with Crippen LogP contribution >= 0.6 is 11.3 Å². The standard InChI is InChI=1S/C17H15N3O4S2/c1-26(23,24)20-13-5-2-4-12(9-13)19-17(22)15-8-11(10-25-15)16-14(21)6-3-7-18-16/h2-10,20-21H,1H3,(H,19,22). The van der Waals surface area contributed by atoms with Gasteiger partial charge < -0.3 is 10.4 Å². The van der Waals surface area contributed by atoms with E-state index in [4.69, 9.17) is 0 Å². The molecule has 0 saturated carbocycles. The minimum Gasteiger partial charge on any atom is -0.506 e. The van der Waals surface area contributed by atoms with Gasteiger partial charge in [0, 0.05) is 22.8 Å². The van der Waals surface area contributed by atoms with Gasteiger partial charge in [-0.15, -0.1) is 11.3 Å². The summed E-state index contributed by atoms with van der Waals surface area (Å²) in [4.78, 5) is 17.0. The van der Waals surface area contributed by atoms with Crippen LogP contribution in [0.1, 0.15) is 9.67 Å². The van der Waals surface area contributed by atoms with Crippen LogP contribution in [0.3, 0.4) is 0 Å². The molecule has 7 nitrogen and oxygen atoms in total. The van der Waals surface area contributed by atoms with E-state index in [1.165, 1.54) is 23.5 Å². The summed E-state index contributed by atoms with van der Waals surface area (Å²) >= 11 is 1.22. The molecule has 0 aliphatic rings. The van der Waals surface area contributed by atoms with Crippen molar-refractivity contribution < 1.29 is 18.3 Å². The van der Waals surface area contributed by atoms with E-state index in [0.29, 0.717) is 27.5 Å². The van der Waals surface area contributed by atoms with E-state index in [0.717, 1.165) is 6.26 Å². The first-order valence-electron chi connectivity index (χ1n) is 7.44. The summed E-state index contributed by atoms with van der Waals surface area (Å²) in [6.07, 6.45) is 2.62. The number of hydrogen-bond donors (Lipinski definition) is 3. The first kappa shape index (κ1) is 17.9. The monoisotopic (exact) mass is 389 g/mol. The highest BCUT2D eigenvalue weighted by Crippen LogP contribution is 2.30. The Morgan fingerprint density at radius 1 is 1.15 bits per heavy atom. The summed E-state index contributed by atoms with van der Waals surface area (Å²) in [6, 6.07) is 11.2. The van der Waals surface area contributed by atoms with Crippen molar-refractivity contribution in [2.45, 2.75) is 0 Å². The summed E-state index contributed by atoms with van der Waals surface area (Å²) in [5.74, 6) is -0.301. The van der Waals surface area contributed by atoms with Crippen LogP contribution in [-0.4, -0.2) is 30.7 Å². The molecule has 26 heavy (non-hydrogen) atoms. The predicted molar refractivity (Wildman–Crippen MR) is 102 cm³/mol. The molecule has 2 aromatic heterocycles. The first-order valence-corrected chi connectivity index (χ1v) is 10.2. The number of carbonyl (C=O) groups is 1. The molecule has 0 bridgehead atoms. The average molecular weight is 389 g/mol. The smallest absolute Gasteiger partial charge is 0.265 e. The fourth-order valence-corrected chi connectivity index (χ4v) is 3.61. The van der Waals surface area contributed by atoms with Gasteiger partial charge in [0.2, 0.25) is 10.0 Å². The third-order valence-corrected chi connectivity index (χ3v) is 4.84. The highest BCUT2D eigenvalue weighted by molar-refractivity contribution is 7.92. The Kier molecular flexibility index (Phi) is 4.92. The lowest BCUT2D eigenvalue weighted by Gasteiger charge is -2.07. The van der Waals surface area contributed by atoms with Crippen molar-refractivity contribution in [1.29, 1.82) is 0 Å². The number of carbonyl (C=O) groups excluding carboxylic acids is 1. The Morgan fingerprint density at radius 3 is 2.65 bits per heavy atom. The number of amides is 1. The Morgan fingerprint density at radius 2 is 1.92 bits per heavy atom. The summed E-state index contributed by atoms with van der Waals surface area (Å²) in [7, 11) is -3.40. The molecular weight excluding hydrogens is 374 g/mol.